The Morgan fingerprint density at radius 3 is 3.08 bits per heavy atom. The monoisotopic (exact) mass is 165 g/mol. The maximum atomic E-state index is 10.3. The van der Waals surface area contributed by atoms with Crippen molar-refractivity contribution < 1.29 is 4.79 Å². The van der Waals surface area contributed by atoms with E-state index in [1.54, 1.807) is 6.07 Å². The molecule has 1 amide bonds. The van der Waals surface area contributed by atoms with Gasteiger partial charge < -0.3 is 5.73 Å². The highest BCUT2D eigenvalue weighted by Crippen LogP contribution is 1.89. The third kappa shape index (κ3) is 2.05. The van der Waals surface area contributed by atoms with Crippen molar-refractivity contribution in [2.45, 2.75) is 13.0 Å². The van der Waals surface area contributed by atoms with Crippen LogP contribution in [0.1, 0.15) is 12.2 Å². The van der Waals surface area contributed by atoms with Crippen LogP contribution in [0.3, 0.4) is 0 Å². The van der Waals surface area contributed by atoms with Crippen LogP contribution in [0.25, 0.3) is 0 Å². The second kappa shape index (κ2) is 3.48. The van der Waals surface area contributed by atoms with E-state index < -0.39 is 5.91 Å². The Labute approximate surface area is 68.6 Å². The summed E-state index contributed by atoms with van der Waals surface area (Å²) in [6, 6.07) is 1.78. The minimum atomic E-state index is -0.399. The molecule has 0 aliphatic heterocycles. The first-order valence-corrected chi connectivity index (χ1v) is 3.30. The molecule has 0 radical (unpaired) electrons. The van der Waals surface area contributed by atoms with Gasteiger partial charge in [0.1, 0.15) is 12.4 Å². The van der Waals surface area contributed by atoms with Gasteiger partial charge in [-0.3, -0.25) is 9.48 Å². The summed E-state index contributed by atoms with van der Waals surface area (Å²) in [6.07, 6.45) is 1.59. The standard InChI is InChI=1S/C6H7N5O/c7-3-6-9-4-11(10-6)2-1-5(8)12/h4H,1-2H2,(H2,8,12). The zero-order valence-electron chi connectivity index (χ0n) is 6.27. The van der Waals surface area contributed by atoms with E-state index in [0.29, 0.717) is 6.54 Å². The molecule has 0 bridgehead atoms. The van der Waals surface area contributed by atoms with Gasteiger partial charge in [0.2, 0.25) is 5.91 Å². The molecule has 1 rings (SSSR count). The number of primary amides is 1. The molecule has 0 spiro atoms. The number of nitrogens with two attached hydrogens (primary N) is 1. The molecule has 1 aromatic rings. The van der Waals surface area contributed by atoms with E-state index in [1.807, 2.05) is 0 Å². The molecule has 0 saturated heterocycles. The predicted molar refractivity (Wildman–Crippen MR) is 38.5 cm³/mol. The van der Waals surface area contributed by atoms with Gasteiger partial charge in [-0.05, 0) is 0 Å². The number of aromatic nitrogens is 3. The highest BCUT2D eigenvalue weighted by Gasteiger charge is 1.99. The summed E-state index contributed by atoms with van der Waals surface area (Å²) >= 11 is 0. The van der Waals surface area contributed by atoms with Crippen molar-refractivity contribution >= 4 is 5.91 Å². The maximum absolute atomic E-state index is 10.3. The Morgan fingerprint density at radius 1 is 1.83 bits per heavy atom. The Bertz CT molecular complexity index is 323. The van der Waals surface area contributed by atoms with Crippen LogP contribution in [0.15, 0.2) is 6.33 Å². The molecule has 1 heterocycles. The first-order chi connectivity index (χ1) is 5.72. The van der Waals surface area contributed by atoms with E-state index >= 15 is 0 Å². The molecular formula is C6H7N5O. The fourth-order valence-electron chi connectivity index (χ4n) is 0.678. The normalized spacial score (nSPS) is 9.25. The number of hydrogen-bond acceptors (Lipinski definition) is 4. The topological polar surface area (TPSA) is 97.6 Å². The summed E-state index contributed by atoms with van der Waals surface area (Å²) in [6.45, 7) is 0.365. The second-order valence-corrected chi connectivity index (χ2v) is 2.16. The van der Waals surface area contributed by atoms with Crippen LogP contribution in [0.5, 0.6) is 0 Å². The Balaban J connectivity index is 2.54. The fourth-order valence-corrected chi connectivity index (χ4v) is 0.678. The Morgan fingerprint density at radius 2 is 2.58 bits per heavy atom. The largest absolute Gasteiger partial charge is 0.370 e. The number of carbonyl (C=O) groups is 1. The minimum Gasteiger partial charge on any atom is -0.370 e. The molecule has 0 aromatic carbocycles. The number of nitriles is 1. The van der Waals surface area contributed by atoms with Crippen molar-refractivity contribution in [3.63, 3.8) is 0 Å². The molecule has 0 atom stereocenters. The first-order valence-electron chi connectivity index (χ1n) is 3.30. The van der Waals surface area contributed by atoms with Crippen LogP contribution >= 0.6 is 0 Å². The number of aryl methyl sites for hydroxylation is 1. The van der Waals surface area contributed by atoms with Crippen molar-refractivity contribution in [2.75, 3.05) is 0 Å². The van der Waals surface area contributed by atoms with Crippen LogP contribution in [-0.4, -0.2) is 20.7 Å². The summed E-state index contributed by atoms with van der Waals surface area (Å²) in [5.41, 5.74) is 4.91. The quantitative estimate of drug-likeness (QED) is 0.622. The van der Waals surface area contributed by atoms with Crippen molar-refractivity contribution in [1.29, 1.82) is 5.26 Å². The molecule has 0 fully saturated rings. The summed E-state index contributed by atoms with van der Waals surface area (Å²) < 4.78 is 1.41. The number of hydrogen-bond donors (Lipinski definition) is 1. The lowest BCUT2D eigenvalue weighted by Gasteiger charge is -1.94. The van der Waals surface area contributed by atoms with E-state index in [4.69, 9.17) is 11.0 Å². The average Bonchev–Trinajstić information content (AvgIpc) is 2.48. The van der Waals surface area contributed by atoms with Gasteiger partial charge in [-0.15, -0.1) is 5.10 Å². The maximum Gasteiger partial charge on any atom is 0.252 e. The molecule has 0 aliphatic rings. The second-order valence-electron chi connectivity index (χ2n) is 2.16. The van der Waals surface area contributed by atoms with Gasteiger partial charge >= 0.3 is 0 Å². The molecule has 0 aliphatic carbocycles. The highest BCUT2D eigenvalue weighted by molar-refractivity contribution is 5.73. The summed E-state index contributed by atoms with van der Waals surface area (Å²) in [5.74, 6) is -0.302. The predicted octanol–water partition coefficient (Wildman–Crippen LogP) is -0.975. The summed E-state index contributed by atoms with van der Waals surface area (Å²) in [5, 5.41) is 12.1. The first kappa shape index (κ1) is 8.20. The zero-order chi connectivity index (χ0) is 8.97. The van der Waals surface area contributed by atoms with Gasteiger partial charge in [0.05, 0.1) is 6.54 Å². The molecule has 0 saturated carbocycles. The third-order valence-electron chi connectivity index (χ3n) is 1.22. The lowest BCUT2D eigenvalue weighted by molar-refractivity contribution is -0.118. The van der Waals surface area contributed by atoms with Crippen molar-refractivity contribution in [3.05, 3.63) is 12.2 Å². The fraction of sp³-hybridized carbons (Fsp3) is 0.333. The van der Waals surface area contributed by atoms with Gasteiger partial charge in [-0.25, -0.2) is 4.98 Å². The molecule has 62 valence electrons. The molecule has 2 N–H and O–H groups in total. The van der Waals surface area contributed by atoms with Crippen molar-refractivity contribution in [1.82, 2.24) is 14.8 Å². The average molecular weight is 165 g/mol. The summed E-state index contributed by atoms with van der Waals surface area (Å²) in [7, 11) is 0. The van der Waals surface area contributed by atoms with E-state index in [2.05, 4.69) is 10.1 Å². The lowest BCUT2D eigenvalue weighted by Crippen LogP contribution is -2.14. The minimum absolute atomic E-state index is 0.0967. The van der Waals surface area contributed by atoms with Crippen LogP contribution < -0.4 is 5.73 Å². The molecular weight excluding hydrogens is 158 g/mol. The van der Waals surface area contributed by atoms with E-state index in [9.17, 15) is 4.79 Å². The SMILES string of the molecule is N#Cc1ncn(CCC(N)=O)n1. The highest BCUT2D eigenvalue weighted by atomic mass is 16.1. The van der Waals surface area contributed by atoms with Crippen LogP contribution in [-0.2, 0) is 11.3 Å². The lowest BCUT2D eigenvalue weighted by atomic mass is 10.4. The molecule has 6 heteroatoms. The van der Waals surface area contributed by atoms with E-state index in [-0.39, 0.29) is 12.2 Å². The van der Waals surface area contributed by atoms with Gasteiger partial charge in [0.25, 0.3) is 5.82 Å². The van der Waals surface area contributed by atoms with Gasteiger partial charge in [-0.2, -0.15) is 5.26 Å². The van der Waals surface area contributed by atoms with Crippen molar-refractivity contribution in [2.24, 2.45) is 5.73 Å². The molecule has 12 heavy (non-hydrogen) atoms. The van der Waals surface area contributed by atoms with Gasteiger partial charge in [0, 0.05) is 6.42 Å². The molecule has 1 aromatic heterocycles. The van der Waals surface area contributed by atoms with Crippen LogP contribution in [0.4, 0.5) is 0 Å². The number of carbonyl (C=O) groups excluding carboxylic acids is 1. The zero-order valence-corrected chi connectivity index (χ0v) is 6.27. The van der Waals surface area contributed by atoms with Crippen molar-refractivity contribution in [3.8, 4) is 6.07 Å². The van der Waals surface area contributed by atoms with Crippen LogP contribution in [0, 0.1) is 11.3 Å². The Hall–Kier alpha value is -1.90. The van der Waals surface area contributed by atoms with E-state index in [1.165, 1.54) is 11.0 Å². The number of amides is 1. The van der Waals surface area contributed by atoms with Crippen LogP contribution in [0.2, 0.25) is 0 Å². The van der Waals surface area contributed by atoms with Gasteiger partial charge in [-0.1, -0.05) is 0 Å². The number of nitrogens with zero attached hydrogens (tertiary/aromatic N) is 4. The third-order valence-corrected chi connectivity index (χ3v) is 1.22. The number of rotatable bonds is 3. The Kier molecular flexibility index (Phi) is 2.38. The molecule has 0 unspecified atom stereocenters. The summed E-state index contributed by atoms with van der Waals surface area (Å²) in [4.78, 5) is 14.0. The van der Waals surface area contributed by atoms with E-state index in [0.717, 1.165) is 0 Å². The smallest absolute Gasteiger partial charge is 0.252 e. The van der Waals surface area contributed by atoms with Gasteiger partial charge in [0.15, 0.2) is 0 Å². The molecule has 6 nitrogen and oxygen atoms in total.